The van der Waals surface area contributed by atoms with E-state index in [1.54, 1.807) is 0 Å². The Morgan fingerprint density at radius 1 is 1.17 bits per heavy atom. The monoisotopic (exact) mass is 341 g/mol. The van der Waals surface area contributed by atoms with Crippen molar-refractivity contribution in [1.82, 2.24) is 10.6 Å². The first-order chi connectivity index (χ1) is 10.5. The lowest BCUT2D eigenvalue weighted by Gasteiger charge is -2.26. The van der Waals surface area contributed by atoms with Gasteiger partial charge in [-0.2, -0.15) is 0 Å². The lowest BCUT2D eigenvalue weighted by molar-refractivity contribution is 0.239. The van der Waals surface area contributed by atoms with Crippen LogP contribution in [0.3, 0.4) is 0 Å². The molecule has 0 atom stereocenters. The third-order valence-electron chi connectivity index (χ3n) is 3.31. The van der Waals surface area contributed by atoms with Crippen LogP contribution in [0.4, 0.5) is 10.5 Å². The summed E-state index contributed by atoms with van der Waals surface area (Å²) < 4.78 is 25.7. The molecule has 0 fully saturated rings. The highest BCUT2D eigenvalue weighted by atomic mass is 32.2. The molecule has 23 heavy (non-hydrogen) atoms. The van der Waals surface area contributed by atoms with Gasteiger partial charge < -0.3 is 10.6 Å². The van der Waals surface area contributed by atoms with Crippen LogP contribution in [0.5, 0.6) is 0 Å². The molecule has 0 aliphatic heterocycles. The number of nitrogens with zero attached hydrogens (tertiary/aromatic N) is 1. The molecule has 0 saturated carbocycles. The number of urea groups is 1. The molecule has 0 radical (unpaired) electrons. The molecular weight excluding hydrogens is 314 g/mol. The minimum atomic E-state index is -3.44. The smallest absolute Gasteiger partial charge is 0.315 e. The third-order valence-corrected chi connectivity index (χ3v) is 4.47. The van der Waals surface area contributed by atoms with Crippen LogP contribution in [0.25, 0.3) is 0 Å². The van der Waals surface area contributed by atoms with E-state index in [9.17, 15) is 13.2 Å². The van der Waals surface area contributed by atoms with Crippen molar-refractivity contribution >= 4 is 21.7 Å². The summed E-state index contributed by atoms with van der Waals surface area (Å²) in [6.07, 6.45) is 1.18. The maximum Gasteiger partial charge on any atom is 0.315 e. The number of amides is 2. The number of sulfonamides is 1. The summed E-state index contributed by atoms with van der Waals surface area (Å²) in [5, 5.41) is 5.39. The summed E-state index contributed by atoms with van der Waals surface area (Å²) in [4.78, 5) is 11.6. The van der Waals surface area contributed by atoms with Crippen LogP contribution in [0.1, 0.15) is 30.5 Å². The summed E-state index contributed by atoms with van der Waals surface area (Å²) in [7, 11) is -3.44. The Morgan fingerprint density at radius 2 is 1.70 bits per heavy atom. The number of hydrogen-bond donors (Lipinski definition) is 2. The van der Waals surface area contributed by atoms with Crippen LogP contribution in [0.15, 0.2) is 12.1 Å². The summed E-state index contributed by atoms with van der Waals surface area (Å²) in [5.41, 5.74) is 3.58. The highest BCUT2D eigenvalue weighted by Gasteiger charge is 2.21. The molecule has 0 saturated heterocycles. The molecule has 1 aromatic rings. The molecule has 0 aliphatic rings. The van der Waals surface area contributed by atoms with Gasteiger partial charge in [0.25, 0.3) is 0 Å². The number of hydrogen-bond acceptors (Lipinski definition) is 3. The maximum absolute atomic E-state index is 12.2. The molecule has 0 heterocycles. The summed E-state index contributed by atoms with van der Waals surface area (Å²) in [6.45, 7) is 9.92. The molecular formula is C16H27N3O3S. The van der Waals surface area contributed by atoms with Crippen molar-refractivity contribution in [3.8, 4) is 0 Å². The Kier molecular flexibility index (Phi) is 6.44. The van der Waals surface area contributed by atoms with Crippen LogP contribution in [-0.2, 0) is 10.0 Å². The van der Waals surface area contributed by atoms with Crippen molar-refractivity contribution in [2.75, 3.05) is 23.7 Å². The molecule has 0 spiro atoms. The van der Waals surface area contributed by atoms with Gasteiger partial charge in [0.15, 0.2) is 0 Å². The zero-order chi connectivity index (χ0) is 17.8. The van der Waals surface area contributed by atoms with Crippen molar-refractivity contribution in [3.05, 3.63) is 28.8 Å². The quantitative estimate of drug-likeness (QED) is 0.831. The number of carbonyl (C=O) groups is 1. The van der Waals surface area contributed by atoms with Gasteiger partial charge in [-0.05, 0) is 45.7 Å². The van der Waals surface area contributed by atoms with Gasteiger partial charge in [0.2, 0.25) is 10.0 Å². The van der Waals surface area contributed by atoms with Crippen LogP contribution < -0.4 is 14.9 Å². The first-order valence-electron chi connectivity index (χ1n) is 7.62. The van der Waals surface area contributed by atoms with Gasteiger partial charge >= 0.3 is 6.03 Å². The van der Waals surface area contributed by atoms with Gasteiger partial charge in [0, 0.05) is 12.6 Å². The fourth-order valence-corrected chi connectivity index (χ4v) is 3.64. The second kappa shape index (κ2) is 7.68. The topological polar surface area (TPSA) is 78.5 Å². The van der Waals surface area contributed by atoms with Crippen LogP contribution in [0, 0.1) is 20.8 Å². The lowest BCUT2D eigenvalue weighted by atomic mass is 10.1. The predicted octanol–water partition coefficient (Wildman–Crippen LogP) is 2.09. The molecule has 2 N–H and O–H groups in total. The normalized spacial score (nSPS) is 11.4. The standard InChI is InChI=1S/C16H27N3O3S/c1-11(2)18-16(20)17-7-8-19(23(6,21)22)15-13(4)9-12(3)10-14(15)5/h9-11H,7-8H2,1-6H3,(H2,17,18,20). The minimum absolute atomic E-state index is 0.0302. The zero-order valence-corrected chi connectivity index (χ0v) is 15.5. The van der Waals surface area contributed by atoms with Gasteiger partial charge in [0.05, 0.1) is 18.5 Å². The second-order valence-corrected chi connectivity index (χ2v) is 8.04. The van der Waals surface area contributed by atoms with E-state index < -0.39 is 10.0 Å². The Balaban J connectivity index is 2.94. The second-order valence-electron chi connectivity index (χ2n) is 6.14. The fraction of sp³-hybridized carbons (Fsp3) is 0.562. The maximum atomic E-state index is 12.2. The van der Waals surface area contributed by atoms with Gasteiger partial charge in [0.1, 0.15) is 0 Å². The SMILES string of the molecule is Cc1cc(C)c(N(CCNC(=O)NC(C)C)S(C)(=O)=O)c(C)c1. The van der Waals surface area contributed by atoms with Crippen LogP contribution in [-0.4, -0.2) is 39.8 Å². The van der Waals surface area contributed by atoms with Gasteiger partial charge in [-0.1, -0.05) is 17.7 Å². The number of anilines is 1. The highest BCUT2D eigenvalue weighted by Crippen LogP contribution is 2.27. The molecule has 2 amide bonds. The van der Waals surface area contributed by atoms with Crippen LogP contribution >= 0.6 is 0 Å². The van der Waals surface area contributed by atoms with E-state index in [1.807, 2.05) is 46.8 Å². The Morgan fingerprint density at radius 3 is 2.13 bits per heavy atom. The summed E-state index contributed by atoms with van der Waals surface area (Å²) in [5.74, 6) is 0. The molecule has 6 nitrogen and oxygen atoms in total. The van der Waals surface area contributed by atoms with E-state index in [-0.39, 0.29) is 25.2 Å². The largest absolute Gasteiger partial charge is 0.336 e. The van der Waals surface area contributed by atoms with Crippen molar-refractivity contribution in [1.29, 1.82) is 0 Å². The molecule has 0 aromatic heterocycles. The average Bonchev–Trinajstić information content (AvgIpc) is 2.33. The van der Waals surface area contributed by atoms with Gasteiger partial charge in [-0.25, -0.2) is 13.2 Å². The Bertz CT molecular complexity index is 646. The number of aryl methyl sites for hydroxylation is 3. The first-order valence-corrected chi connectivity index (χ1v) is 9.47. The third kappa shape index (κ3) is 5.74. The van der Waals surface area contributed by atoms with E-state index >= 15 is 0 Å². The zero-order valence-electron chi connectivity index (χ0n) is 14.7. The molecule has 0 unspecified atom stereocenters. The molecule has 0 bridgehead atoms. The van der Waals surface area contributed by atoms with Crippen molar-refractivity contribution in [2.24, 2.45) is 0 Å². The van der Waals surface area contributed by atoms with E-state index in [0.29, 0.717) is 5.69 Å². The first kappa shape index (κ1) is 19.3. The van der Waals surface area contributed by atoms with Crippen molar-refractivity contribution < 1.29 is 13.2 Å². The van der Waals surface area contributed by atoms with E-state index in [4.69, 9.17) is 0 Å². The van der Waals surface area contributed by atoms with E-state index in [2.05, 4.69) is 10.6 Å². The Hall–Kier alpha value is -1.76. The number of rotatable bonds is 6. The van der Waals surface area contributed by atoms with Crippen LogP contribution in [0.2, 0.25) is 0 Å². The van der Waals surface area contributed by atoms with E-state index in [0.717, 1.165) is 16.7 Å². The summed E-state index contributed by atoms with van der Waals surface area (Å²) in [6, 6.07) is 3.65. The van der Waals surface area contributed by atoms with Gasteiger partial charge in [-0.15, -0.1) is 0 Å². The van der Waals surface area contributed by atoms with E-state index in [1.165, 1.54) is 10.6 Å². The van der Waals surface area contributed by atoms with Crippen molar-refractivity contribution in [3.63, 3.8) is 0 Å². The molecule has 0 aliphatic carbocycles. The highest BCUT2D eigenvalue weighted by molar-refractivity contribution is 7.92. The summed E-state index contributed by atoms with van der Waals surface area (Å²) >= 11 is 0. The number of benzene rings is 1. The fourth-order valence-electron chi connectivity index (χ4n) is 2.59. The minimum Gasteiger partial charge on any atom is -0.336 e. The van der Waals surface area contributed by atoms with Crippen molar-refractivity contribution in [2.45, 2.75) is 40.7 Å². The number of nitrogens with one attached hydrogen (secondary N) is 2. The number of carbonyl (C=O) groups excluding carboxylic acids is 1. The molecule has 1 rings (SSSR count). The molecule has 1 aromatic carbocycles. The molecule has 7 heteroatoms. The molecule has 130 valence electrons. The predicted molar refractivity (Wildman–Crippen MR) is 94.5 cm³/mol. The Labute approximate surface area is 139 Å². The lowest BCUT2D eigenvalue weighted by Crippen LogP contribution is -2.44. The van der Waals surface area contributed by atoms with Gasteiger partial charge in [-0.3, -0.25) is 4.31 Å². The average molecular weight is 341 g/mol.